The fourth-order valence-electron chi connectivity index (χ4n) is 1.85. The third-order valence-corrected chi connectivity index (χ3v) is 4.52. The van der Waals surface area contributed by atoms with Crippen LogP contribution in [0.2, 0.25) is 10.0 Å². The van der Waals surface area contributed by atoms with Gasteiger partial charge in [0.2, 0.25) is 5.91 Å². The lowest BCUT2D eigenvalue weighted by Gasteiger charge is -2.04. The number of hydrogen-bond donors (Lipinski definition) is 2. The minimum atomic E-state index is -0.0704. The summed E-state index contributed by atoms with van der Waals surface area (Å²) in [5.41, 5.74) is 6.57. The molecule has 0 aliphatic carbocycles. The molecule has 4 nitrogen and oxygen atoms in total. The Bertz CT molecular complexity index is 661. The molecule has 126 valence electrons. The minimum Gasteiger partial charge on any atom is -0.328 e. The van der Waals surface area contributed by atoms with Gasteiger partial charge in [-0.15, -0.1) is 23.7 Å². The van der Waals surface area contributed by atoms with E-state index in [2.05, 4.69) is 10.3 Å². The Kier molecular flexibility index (Phi) is 8.29. The Morgan fingerprint density at radius 3 is 2.87 bits per heavy atom. The molecule has 0 fully saturated rings. The first kappa shape index (κ1) is 20.2. The van der Waals surface area contributed by atoms with Crippen molar-refractivity contribution < 1.29 is 4.79 Å². The van der Waals surface area contributed by atoms with Crippen LogP contribution < -0.4 is 11.1 Å². The molecule has 0 bridgehead atoms. The average molecular weight is 395 g/mol. The van der Waals surface area contributed by atoms with Gasteiger partial charge in [0.1, 0.15) is 0 Å². The fraction of sp³-hybridized carbons (Fsp3) is 0.333. The molecular weight excluding hydrogens is 377 g/mol. The van der Waals surface area contributed by atoms with Crippen LogP contribution in [0.4, 0.5) is 5.13 Å². The van der Waals surface area contributed by atoms with Gasteiger partial charge in [0, 0.05) is 40.0 Å². The fourth-order valence-corrected chi connectivity index (χ4v) is 3.08. The third kappa shape index (κ3) is 6.65. The lowest BCUT2D eigenvalue weighted by atomic mass is 10.1. The van der Waals surface area contributed by atoms with E-state index in [0.29, 0.717) is 34.4 Å². The van der Waals surface area contributed by atoms with Gasteiger partial charge in [-0.1, -0.05) is 23.2 Å². The van der Waals surface area contributed by atoms with Crippen molar-refractivity contribution in [1.82, 2.24) is 4.98 Å². The predicted octanol–water partition coefficient (Wildman–Crippen LogP) is 4.53. The van der Waals surface area contributed by atoms with Crippen LogP contribution in [0.25, 0.3) is 0 Å². The van der Waals surface area contributed by atoms with Crippen LogP contribution in [0.1, 0.15) is 30.2 Å². The minimum absolute atomic E-state index is 0. The maximum atomic E-state index is 11.7. The van der Waals surface area contributed by atoms with Crippen LogP contribution >= 0.6 is 46.9 Å². The quantitative estimate of drug-likeness (QED) is 0.756. The van der Waals surface area contributed by atoms with E-state index >= 15 is 0 Å². The Morgan fingerprint density at radius 2 is 2.17 bits per heavy atom. The number of hydrogen-bond acceptors (Lipinski definition) is 4. The lowest BCUT2D eigenvalue weighted by Crippen LogP contribution is -2.19. The van der Waals surface area contributed by atoms with Crippen LogP contribution in [-0.4, -0.2) is 16.9 Å². The van der Waals surface area contributed by atoms with Crippen molar-refractivity contribution in [2.45, 2.75) is 32.2 Å². The van der Waals surface area contributed by atoms with Gasteiger partial charge < -0.3 is 11.1 Å². The first-order valence-corrected chi connectivity index (χ1v) is 8.45. The number of halogens is 3. The number of nitrogens with two attached hydrogens (primary N) is 1. The van der Waals surface area contributed by atoms with Crippen LogP contribution in [0, 0.1) is 0 Å². The summed E-state index contributed by atoms with van der Waals surface area (Å²) < 4.78 is 0. The number of amides is 1. The molecule has 1 aromatic heterocycles. The highest BCUT2D eigenvalue weighted by atomic mass is 35.5. The van der Waals surface area contributed by atoms with Gasteiger partial charge in [-0.2, -0.15) is 0 Å². The molecule has 3 N–H and O–H groups in total. The number of nitrogens with one attached hydrogen (secondary N) is 1. The maximum absolute atomic E-state index is 11.7. The highest BCUT2D eigenvalue weighted by Crippen LogP contribution is 2.27. The maximum Gasteiger partial charge on any atom is 0.226 e. The monoisotopic (exact) mass is 393 g/mol. The highest BCUT2D eigenvalue weighted by Gasteiger charge is 2.09. The summed E-state index contributed by atoms with van der Waals surface area (Å²) in [6, 6.07) is 5.38. The van der Waals surface area contributed by atoms with Gasteiger partial charge in [0.05, 0.1) is 0 Å². The molecule has 0 saturated heterocycles. The summed E-state index contributed by atoms with van der Waals surface area (Å²) in [4.78, 5) is 17.0. The Balaban J connectivity index is 0.00000264. The second kappa shape index (κ2) is 9.45. The number of anilines is 1. The highest BCUT2D eigenvalue weighted by molar-refractivity contribution is 7.15. The summed E-state index contributed by atoms with van der Waals surface area (Å²) in [6.45, 7) is 1.88. The van der Waals surface area contributed by atoms with Crippen LogP contribution in [0.15, 0.2) is 24.4 Å². The Morgan fingerprint density at radius 1 is 1.43 bits per heavy atom. The van der Waals surface area contributed by atoms with E-state index in [-0.39, 0.29) is 24.4 Å². The molecule has 0 radical (unpaired) electrons. The molecular formula is C15H18Cl3N3OS. The van der Waals surface area contributed by atoms with E-state index in [9.17, 15) is 4.79 Å². The number of nitrogens with zero attached hydrogens (tertiary/aromatic N) is 1. The summed E-state index contributed by atoms with van der Waals surface area (Å²) in [5, 5.41) is 4.68. The van der Waals surface area contributed by atoms with Crippen molar-refractivity contribution in [2.24, 2.45) is 5.73 Å². The molecule has 0 saturated carbocycles. The first-order valence-electron chi connectivity index (χ1n) is 6.88. The Labute approximate surface area is 155 Å². The zero-order chi connectivity index (χ0) is 16.1. The lowest BCUT2D eigenvalue weighted by molar-refractivity contribution is -0.116. The van der Waals surface area contributed by atoms with Gasteiger partial charge in [-0.05, 0) is 37.1 Å². The van der Waals surface area contributed by atoms with Gasteiger partial charge in [0.25, 0.3) is 0 Å². The van der Waals surface area contributed by atoms with Crippen molar-refractivity contribution >= 4 is 58.0 Å². The van der Waals surface area contributed by atoms with Gasteiger partial charge in [-0.25, -0.2) is 4.98 Å². The number of thiazole rings is 1. The SMILES string of the molecule is CC(N)CCC(=O)Nc1ncc(Cc2cc(Cl)ccc2Cl)s1.Cl. The van der Waals surface area contributed by atoms with E-state index in [4.69, 9.17) is 28.9 Å². The van der Waals surface area contributed by atoms with Crippen molar-refractivity contribution in [3.8, 4) is 0 Å². The zero-order valence-electron chi connectivity index (χ0n) is 12.5. The topological polar surface area (TPSA) is 68.0 Å². The van der Waals surface area contributed by atoms with Crippen LogP contribution in [0.5, 0.6) is 0 Å². The number of carbonyl (C=O) groups excluding carboxylic acids is 1. The molecule has 23 heavy (non-hydrogen) atoms. The van der Waals surface area contributed by atoms with Crippen molar-refractivity contribution in [3.05, 3.63) is 44.9 Å². The summed E-state index contributed by atoms with van der Waals surface area (Å²) >= 11 is 13.6. The number of aromatic nitrogens is 1. The standard InChI is InChI=1S/C15H17Cl2N3OS.ClH/c1-9(18)2-5-14(21)20-15-19-8-12(22-15)7-10-6-11(16)3-4-13(10)17;/h3-4,6,8-9H,2,5,7,18H2,1H3,(H,19,20,21);1H. The zero-order valence-corrected chi connectivity index (χ0v) is 15.7. The second-order valence-corrected chi connectivity index (χ2v) is 7.07. The molecule has 8 heteroatoms. The molecule has 1 atom stereocenters. The van der Waals surface area contributed by atoms with E-state index in [1.165, 1.54) is 11.3 Å². The normalized spacial score (nSPS) is 11.7. The number of carbonyl (C=O) groups is 1. The second-order valence-electron chi connectivity index (χ2n) is 5.11. The average Bonchev–Trinajstić information content (AvgIpc) is 2.88. The van der Waals surface area contributed by atoms with Gasteiger partial charge >= 0.3 is 0 Å². The largest absolute Gasteiger partial charge is 0.328 e. The van der Waals surface area contributed by atoms with Crippen LogP contribution in [0.3, 0.4) is 0 Å². The Hall–Kier alpha value is -0.850. The molecule has 2 aromatic rings. The number of benzene rings is 1. The molecule has 2 rings (SSSR count). The van der Waals surface area contributed by atoms with E-state index in [1.807, 2.05) is 13.0 Å². The molecule has 1 aromatic carbocycles. The van der Waals surface area contributed by atoms with Gasteiger partial charge in [-0.3, -0.25) is 4.79 Å². The predicted molar refractivity (Wildman–Crippen MR) is 100 cm³/mol. The molecule has 1 heterocycles. The van der Waals surface area contributed by atoms with Crippen molar-refractivity contribution in [1.29, 1.82) is 0 Å². The van der Waals surface area contributed by atoms with E-state index in [0.717, 1.165) is 10.4 Å². The smallest absolute Gasteiger partial charge is 0.226 e. The molecule has 1 unspecified atom stereocenters. The van der Waals surface area contributed by atoms with E-state index < -0.39 is 0 Å². The molecule has 1 amide bonds. The number of rotatable bonds is 6. The van der Waals surface area contributed by atoms with Crippen molar-refractivity contribution in [2.75, 3.05) is 5.32 Å². The summed E-state index contributed by atoms with van der Waals surface area (Å²) in [5.74, 6) is -0.0704. The van der Waals surface area contributed by atoms with Gasteiger partial charge in [0.15, 0.2) is 5.13 Å². The van der Waals surface area contributed by atoms with E-state index in [1.54, 1.807) is 18.3 Å². The third-order valence-electron chi connectivity index (χ3n) is 3.00. The summed E-state index contributed by atoms with van der Waals surface area (Å²) in [7, 11) is 0. The van der Waals surface area contributed by atoms with Crippen LogP contribution in [-0.2, 0) is 11.2 Å². The molecule has 0 aliphatic heterocycles. The molecule has 0 aliphatic rings. The van der Waals surface area contributed by atoms with Crippen molar-refractivity contribution in [3.63, 3.8) is 0 Å². The summed E-state index contributed by atoms with van der Waals surface area (Å²) in [6.07, 6.45) is 3.42. The first-order chi connectivity index (χ1) is 10.4. The molecule has 0 spiro atoms.